The van der Waals surface area contributed by atoms with Crippen LogP contribution in [-0.2, 0) is 25.1 Å². The highest BCUT2D eigenvalue weighted by Crippen LogP contribution is 2.28. The summed E-state index contributed by atoms with van der Waals surface area (Å²) in [5.74, 6) is 0.954. The van der Waals surface area contributed by atoms with E-state index in [1.807, 2.05) is 18.2 Å². The number of allylic oxidation sites excluding steroid dienone is 1. The highest BCUT2D eigenvalue weighted by atomic mass is 16.5. The first-order chi connectivity index (χ1) is 12.9. The van der Waals surface area contributed by atoms with Crippen molar-refractivity contribution in [2.45, 2.75) is 58.7 Å². The molecule has 3 heteroatoms. The summed E-state index contributed by atoms with van der Waals surface area (Å²) in [6.45, 7) is 12.8. The maximum Gasteiger partial charge on any atom is 0.123 e. The van der Waals surface area contributed by atoms with Gasteiger partial charge in [0.15, 0.2) is 0 Å². The molecular weight excluding hydrogens is 334 g/mol. The van der Waals surface area contributed by atoms with Gasteiger partial charge in [-0.15, -0.1) is 6.58 Å². The van der Waals surface area contributed by atoms with Gasteiger partial charge in [-0.3, -0.25) is 0 Å². The van der Waals surface area contributed by atoms with E-state index in [1.54, 1.807) is 0 Å². The zero-order chi connectivity index (χ0) is 19.7. The molecule has 0 aliphatic carbocycles. The zero-order valence-electron chi connectivity index (χ0n) is 16.9. The van der Waals surface area contributed by atoms with Crippen molar-refractivity contribution in [2.24, 2.45) is 0 Å². The van der Waals surface area contributed by atoms with Crippen molar-refractivity contribution in [3.63, 3.8) is 0 Å². The fraction of sp³-hybridized carbons (Fsp3) is 0.417. The molecule has 2 aromatic rings. The van der Waals surface area contributed by atoms with Gasteiger partial charge in [-0.1, -0.05) is 63.2 Å². The fourth-order valence-electron chi connectivity index (χ4n) is 2.84. The van der Waals surface area contributed by atoms with Gasteiger partial charge in [0.1, 0.15) is 5.75 Å². The monoisotopic (exact) mass is 367 g/mol. The van der Waals surface area contributed by atoms with Crippen LogP contribution in [-0.4, -0.2) is 11.7 Å². The van der Waals surface area contributed by atoms with Crippen LogP contribution < -0.4 is 10.1 Å². The van der Waals surface area contributed by atoms with Crippen molar-refractivity contribution < 1.29 is 9.84 Å². The average molecular weight is 368 g/mol. The Morgan fingerprint density at radius 3 is 2.37 bits per heavy atom. The quantitative estimate of drug-likeness (QED) is 0.453. The van der Waals surface area contributed by atoms with Gasteiger partial charge in [-0.2, -0.15) is 0 Å². The maximum absolute atomic E-state index is 9.14. The van der Waals surface area contributed by atoms with E-state index >= 15 is 0 Å². The molecule has 0 heterocycles. The van der Waals surface area contributed by atoms with Gasteiger partial charge in [0, 0.05) is 18.7 Å². The molecule has 2 rings (SSSR count). The normalized spacial score (nSPS) is 11.4. The van der Waals surface area contributed by atoms with E-state index in [0.717, 1.165) is 37.2 Å². The first-order valence-electron chi connectivity index (χ1n) is 9.70. The lowest BCUT2D eigenvalue weighted by Crippen LogP contribution is -2.16. The van der Waals surface area contributed by atoms with Crippen LogP contribution in [0.5, 0.6) is 5.75 Å². The largest absolute Gasteiger partial charge is 0.493 e. The molecule has 0 atom stereocenters. The van der Waals surface area contributed by atoms with E-state index in [1.165, 1.54) is 16.7 Å². The van der Waals surface area contributed by atoms with Crippen molar-refractivity contribution in [3.8, 4) is 5.75 Å². The molecule has 0 aliphatic heterocycles. The summed E-state index contributed by atoms with van der Waals surface area (Å²) in [4.78, 5) is 0. The SMILES string of the molecule is C=CCCCOc1ccc(C(C)(C)C)cc1CNCc1ccc(CO)cc1. The Bertz CT molecular complexity index is 714. The van der Waals surface area contributed by atoms with Crippen LogP contribution in [0, 0.1) is 0 Å². The Labute approximate surface area is 164 Å². The van der Waals surface area contributed by atoms with E-state index in [0.29, 0.717) is 6.61 Å². The van der Waals surface area contributed by atoms with Crippen molar-refractivity contribution in [3.05, 3.63) is 77.4 Å². The fourth-order valence-corrected chi connectivity index (χ4v) is 2.84. The number of benzene rings is 2. The minimum absolute atomic E-state index is 0.0832. The summed E-state index contributed by atoms with van der Waals surface area (Å²) < 4.78 is 6.02. The molecule has 0 aromatic heterocycles. The topological polar surface area (TPSA) is 41.5 Å². The number of rotatable bonds is 10. The summed E-state index contributed by atoms with van der Waals surface area (Å²) in [5.41, 5.74) is 4.74. The second-order valence-corrected chi connectivity index (χ2v) is 7.93. The number of ether oxygens (including phenoxy) is 1. The first-order valence-corrected chi connectivity index (χ1v) is 9.70. The molecule has 0 saturated carbocycles. The van der Waals surface area contributed by atoms with E-state index in [4.69, 9.17) is 9.84 Å². The third-order valence-corrected chi connectivity index (χ3v) is 4.59. The summed E-state index contributed by atoms with van der Waals surface area (Å²) >= 11 is 0. The molecule has 0 spiro atoms. The van der Waals surface area contributed by atoms with Crippen LogP contribution in [0.3, 0.4) is 0 Å². The number of nitrogens with one attached hydrogen (secondary N) is 1. The smallest absolute Gasteiger partial charge is 0.123 e. The van der Waals surface area contributed by atoms with Crippen LogP contribution in [0.25, 0.3) is 0 Å². The Balaban J connectivity index is 2.04. The highest BCUT2D eigenvalue weighted by molar-refractivity contribution is 5.39. The summed E-state index contributed by atoms with van der Waals surface area (Å²) in [5, 5.41) is 12.7. The lowest BCUT2D eigenvalue weighted by atomic mass is 9.86. The van der Waals surface area contributed by atoms with E-state index in [2.05, 4.69) is 63.0 Å². The molecule has 27 heavy (non-hydrogen) atoms. The van der Waals surface area contributed by atoms with Crippen molar-refractivity contribution >= 4 is 0 Å². The van der Waals surface area contributed by atoms with Gasteiger partial charge < -0.3 is 15.2 Å². The van der Waals surface area contributed by atoms with Gasteiger partial charge in [-0.05, 0) is 41.0 Å². The Kier molecular flexibility index (Phi) is 8.08. The van der Waals surface area contributed by atoms with Crippen molar-refractivity contribution in [2.75, 3.05) is 6.61 Å². The van der Waals surface area contributed by atoms with Gasteiger partial charge >= 0.3 is 0 Å². The third-order valence-electron chi connectivity index (χ3n) is 4.59. The van der Waals surface area contributed by atoms with Gasteiger partial charge in [0.05, 0.1) is 13.2 Å². The number of aliphatic hydroxyl groups is 1. The molecule has 2 N–H and O–H groups in total. The molecule has 0 unspecified atom stereocenters. The molecule has 0 amide bonds. The van der Waals surface area contributed by atoms with Gasteiger partial charge in [0.2, 0.25) is 0 Å². The summed E-state index contributed by atoms with van der Waals surface area (Å²) in [7, 11) is 0. The van der Waals surface area contributed by atoms with Crippen LogP contribution in [0.2, 0.25) is 0 Å². The predicted molar refractivity (Wildman–Crippen MR) is 113 cm³/mol. The molecule has 0 radical (unpaired) electrons. The molecule has 0 saturated heterocycles. The number of hydrogen-bond acceptors (Lipinski definition) is 3. The molecule has 146 valence electrons. The molecule has 0 aliphatic rings. The van der Waals surface area contributed by atoms with E-state index in [9.17, 15) is 0 Å². The molecular formula is C24H33NO2. The highest BCUT2D eigenvalue weighted by Gasteiger charge is 2.16. The second-order valence-electron chi connectivity index (χ2n) is 7.93. The Hall–Kier alpha value is -2.10. The zero-order valence-corrected chi connectivity index (χ0v) is 16.9. The summed E-state index contributed by atoms with van der Waals surface area (Å²) in [6.07, 6.45) is 3.88. The predicted octanol–water partition coefficient (Wildman–Crippen LogP) is 5.11. The summed E-state index contributed by atoms with van der Waals surface area (Å²) in [6, 6.07) is 14.6. The lowest BCUT2D eigenvalue weighted by molar-refractivity contribution is 0.282. The van der Waals surface area contributed by atoms with Crippen molar-refractivity contribution in [1.82, 2.24) is 5.32 Å². The van der Waals surface area contributed by atoms with Crippen LogP contribution in [0.15, 0.2) is 55.1 Å². The molecule has 2 aromatic carbocycles. The molecule has 0 fully saturated rings. The van der Waals surface area contributed by atoms with Crippen molar-refractivity contribution in [1.29, 1.82) is 0 Å². The van der Waals surface area contributed by atoms with Gasteiger partial charge in [-0.25, -0.2) is 0 Å². The third kappa shape index (κ3) is 6.85. The van der Waals surface area contributed by atoms with Crippen LogP contribution in [0.4, 0.5) is 0 Å². The van der Waals surface area contributed by atoms with E-state index in [-0.39, 0.29) is 12.0 Å². The second kappa shape index (κ2) is 10.3. The minimum Gasteiger partial charge on any atom is -0.493 e. The maximum atomic E-state index is 9.14. The molecule has 0 bridgehead atoms. The number of unbranched alkanes of at least 4 members (excludes halogenated alkanes) is 1. The first kappa shape index (κ1) is 21.2. The van der Waals surface area contributed by atoms with Crippen LogP contribution in [0.1, 0.15) is 55.9 Å². The number of hydrogen-bond donors (Lipinski definition) is 2. The lowest BCUT2D eigenvalue weighted by Gasteiger charge is -2.22. The Morgan fingerprint density at radius 1 is 1.04 bits per heavy atom. The Morgan fingerprint density at radius 2 is 1.74 bits per heavy atom. The standard InChI is InChI=1S/C24H33NO2/c1-5-6-7-14-27-23-13-12-22(24(2,3)4)15-21(23)17-25-16-19-8-10-20(18-26)11-9-19/h5,8-13,15,25-26H,1,6-7,14,16-18H2,2-4H3. The minimum atomic E-state index is 0.0832. The average Bonchev–Trinajstić information content (AvgIpc) is 2.65. The number of aliphatic hydroxyl groups excluding tert-OH is 1. The van der Waals surface area contributed by atoms with E-state index < -0.39 is 0 Å². The van der Waals surface area contributed by atoms with Gasteiger partial charge in [0.25, 0.3) is 0 Å². The van der Waals surface area contributed by atoms with Crippen LogP contribution >= 0.6 is 0 Å². The molecule has 3 nitrogen and oxygen atoms in total.